The fourth-order valence-corrected chi connectivity index (χ4v) is 3.32. The zero-order valence-electron chi connectivity index (χ0n) is 14.2. The lowest BCUT2D eigenvalue weighted by atomic mass is 10.0. The maximum Gasteiger partial charge on any atom is 0.288 e. The lowest BCUT2D eigenvalue weighted by molar-refractivity contribution is 0.0898. The molecular formula is C18H24N4O2. The van der Waals surface area contributed by atoms with E-state index in [2.05, 4.69) is 58.5 Å². The molecule has 3 rings (SSSR count). The fourth-order valence-electron chi connectivity index (χ4n) is 3.32. The van der Waals surface area contributed by atoms with Gasteiger partial charge in [-0.05, 0) is 19.7 Å². The number of nitrogens with one attached hydrogen (secondary N) is 1. The van der Waals surface area contributed by atoms with E-state index in [4.69, 9.17) is 4.42 Å². The zero-order valence-corrected chi connectivity index (χ0v) is 14.2. The maximum atomic E-state index is 12.3. The molecule has 1 amide bonds. The van der Waals surface area contributed by atoms with Crippen molar-refractivity contribution in [2.45, 2.75) is 12.6 Å². The van der Waals surface area contributed by atoms with Gasteiger partial charge in [-0.1, -0.05) is 30.3 Å². The Hall–Kier alpha value is -2.18. The van der Waals surface area contributed by atoms with E-state index in [0.29, 0.717) is 5.92 Å². The second-order valence-electron chi connectivity index (χ2n) is 6.65. The highest BCUT2D eigenvalue weighted by atomic mass is 16.3. The molecule has 0 aliphatic carbocycles. The molecule has 6 nitrogen and oxygen atoms in total. The van der Waals surface area contributed by atoms with Crippen molar-refractivity contribution in [3.05, 3.63) is 54.2 Å². The quantitative estimate of drug-likeness (QED) is 0.870. The van der Waals surface area contributed by atoms with Gasteiger partial charge in [-0.3, -0.25) is 9.69 Å². The Labute approximate surface area is 142 Å². The molecule has 0 spiro atoms. The number of aromatic nitrogens is 1. The molecule has 1 fully saturated rings. The molecule has 0 radical (unpaired) electrons. The third-order valence-electron chi connectivity index (χ3n) is 4.34. The minimum Gasteiger partial charge on any atom is -0.438 e. The minimum atomic E-state index is -0.192. The van der Waals surface area contributed by atoms with Crippen molar-refractivity contribution in [1.29, 1.82) is 0 Å². The summed E-state index contributed by atoms with van der Waals surface area (Å²) in [5.41, 5.74) is 1.29. The van der Waals surface area contributed by atoms with E-state index in [0.717, 1.165) is 26.2 Å². The van der Waals surface area contributed by atoms with Gasteiger partial charge in [0.05, 0.1) is 6.20 Å². The molecule has 0 bridgehead atoms. The smallest absolute Gasteiger partial charge is 0.288 e. The number of oxazole rings is 1. The summed E-state index contributed by atoms with van der Waals surface area (Å²) in [6.07, 6.45) is 2.73. The second-order valence-corrected chi connectivity index (χ2v) is 6.65. The van der Waals surface area contributed by atoms with Crippen molar-refractivity contribution in [2.75, 3.05) is 33.7 Å². The average Bonchev–Trinajstić information content (AvgIpc) is 3.19. The number of hydrogen-bond acceptors (Lipinski definition) is 5. The Bertz CT molecular complexity index is 642. The molecule has 2 heterocycles. The molecule has 0 saturated carbocycles. The van der Waals surface area contributed by atoms with E-state index in [-0.39, 0.29) is 17.7 Å². The average molecular weight is 328 g/mol. The summed E-state index contributed by atoms with van der Waals surface area (Å²) in [4.78, 5) is 20.7. The van der Waals surface area contributed by atoms with Crippen molar-refractivity contribution < 1.29 is 9.21 Å². The van der Waals surface area contributed by atoms with Crippen LogP contribution in [0.15, 0.2) is 47.3 Å². The van der Waals surface area contributed by atoms with Crippen LogP contribution in [0.4, 0.5) is 0 Å². The highest BCUT2D eigenvalue weighted by Gasteiger charge is 2.34. The molecule has 1 saturated heterocycles. The van der Waals surface area contributed by atoms with E-state index in [1.807, 2.05) is 6.07 Å². The van der Waals surface area contributed by atoms with Gasteiger partial charge in [0.25, 0.3) is 5.91 Å². The molecule has 1 aliphatic rings. The Balaban J connectivity index is 1.65. The highest BCUT2D eigenvalue weighted by molar-refractivity contribution is 5.91. The van der Waals surface area contributed by atoms with Crippen LogP contribution in [0.2, 0.25) is 0 Å². The predicted molar refractivity (Wildman–Crippen MR) is 91.5 cm³/mol. The van der Waals surface area contributed by atoms with Crippen LogP contribution in [0.25, 0.3) is 0 Å². The molecule has 6 heteroatoms. The summed E-state index contributed by atoms with van der Waals surface area (Å²) in [6, 6.07) is 10.5. The molecule has 1 aromatic heterocycles. The first-order chi connectivity index (χ1) is 11.6. The van der Waals surface area contributed by atoms with Gasteiger partial charge < -0.3 is 14.6 Å². The number of amides is 1. The number of carbonyl (C=O) groups is 1. The number of nitrogens with zero attached hydrogens (tertiary/aromatic N) is 3. The first-order valence-corrected chi connectivity index (χ1v) is 8.22. The van der Waals surface area contributed by atoms with Crippen LogP contribution >= 0.6 is 0 Å². The standard InChI is InChI=1S/C18H24N4O2/c1-21(2)10-15-11-22(9-14-6-4-3-5-7-14)12-16(15)20-18(23)17-8-19-13-24-17/h3-8,13,15-16H,9-12H2,1-2H3,(H,20,23)/t15-,16-/m1/s1. The van der Waals surface area contributed by atoms with E-state index in [1.165, 1.54) is 18.2 Å². The third-order valence-corrected chi connectivity index (χ3v) is 4.34. The van der Waals surface area contributed by atoms with Crippen molar-refractivity contribution in [2.24, 2.45) is 5.92 Å². The van der Waals surface area contributed by atoms with Crippen LogP contribution < -0.4 is 5.32 Å². The Kier molecular flexibility index (Phi) is 5.27. The molecule has 2 aromatic rings. The maximum absolute atomic E-state index is 12.3. The van der Waals surface area contributed by atoms with Crippen molar-refractivity contribution in [1.82, 2.24) is 20.1 Å². The molecule has 0 unspecified atom stereocenters. The lowest BCUT2D eigenvalue weighted by Crippen LogP contribution is -2.43. The van der Waals surface area contributed by atoms with Crippen LogP contribution in [0.1, 0.15) is 16.1 Å². The number of carbonyl (C=O) groups excluding carboxylic acids is 1. The Morgan fingerprint density at radius 2 is 2.12 bits per heavy atom. The second kappa shape index (κ2) is 7.59. The normalized spacial score (nSPS) is 21.3. The Morgan fingerprint density at radius 1 is 1.33 bits per heavy atom. The summed E-state index contributed by atoms with van der Waals surface area (Å²) < 4.78 is 5.10. The number of likely N-dealkylation sites (tertiary alicyclic amines) is 1. The van der Waals surface area contributed by atoms with Crippen LogP contribution in [0.5, 0.6) is 0 Å². The van der Waals surface area contributed by atoms with Crippen LogP contribution in [0, 0.1) is 5.92 Å². The third kappa shape index (κ3) is 4.21. The van der Waals surface area contributed by atoms with E-state index in [1.54, 1.807) is 0 Å². The van der Waals surface area contributed by atoms with Gasteiger partial charge in [0, 0.05) is 38.1 Å². The monoisotopic (exact) mass is 328 g/mol. The number of hydrogen-bond donors (Lipinski definition) is 1. The molecule has 1 aliphatic heterocycles. The van der Waals surface area contributed by atoms with Gasteiger partial charge in [0.15, 0.2) is 6.39 Å². The SMILES string of the molecule is CN(C)C[C@@H]1CN(Cc2ccccc2)C[C@H]1NC(=O)c1cnco1. The first-order valence-electron chi connectivity index (χ1n) is 8.22. The van der Waals surface area contributed by atoms with Crippen molar-refractivity contribution in [3.8, 4) is 0 Å². The molecule has 2 atom stereocenters. The molecule has 1 N–H and O–H groups in total. The molecule has 1 aromatic carbocycles. The predicted octanol–water partition coefficient (Wildman–Crippen LogP) is 1.47. The summed E-state index contributed by atoms with van der Waals surface area (Å²) in [7, 11) is 4.13. The molecular weight excluding hydrogens is 304 g/mol. The highest BCUT2D eigenvalue weighted by Crippen LogP contribution is 2.20. The Morgan fingerprint density at radius 3 is 2.79 bits per heavy atom. The van der Waals surface area contributed by atoms with Crippen LogP contribution in [-0.2, 0) is 6.54 Å². The summed E-state index contributed by atoms with van der Waals surface area (Å²) >= 11 is 0. The first kappa shape index (κ1) is 16.7. The topological polar surface area (TPSA) is 61.6 Å². The van der Waals surface area contributed by atoms with E-state index < -0.39 is 0 Å². The van der Waals surface area contributed by atoms with Gasteiger partial charge in [-0.2, -0.15) is 0 Å². The minimum absolute atomic E-state index is 0.105. The lowest BCUT2D eigenvalue weighted by Gasteiger charge is -2.22. The fraction of sp³-hybridized carbons (Fsp3) is 0.444. The number of benzene rings is 1. The number of rotatable bonds is 6. The summed E-state index contributed by atoms with van der Waals surface area (Å²) in [5.74, 6) is 0.457. The summed E-state index contributed by atoms with van der Waals surface area (Å²) in [6.45, 7) is 3.65. The van der Waals surface area contributed by atoms with Gasteiger partial charge in [-0.25, -0.2) is 4.98 Å². The summed E-state index contributed by atoms with van der Waals surface area (Å²) in [5, 5.41) is 3.11. The van der Waals surface area contributed by atoms with Gasteiger partial charge >= 0.3 is 0 Å². The van der Waals surface area contributed by atoms with Gasteiger partial charge in [0.2, 0.25) is 5.76 Å². The molecule has 128 valence electrons. The van der Waals surface area contributed by atoms with E-state index >= 15 is 0 Å². The largest absolute Gasteiger partial charge is 0.438 e. The van der Waals surface area contributed by atoms with Crippen molar-refractivity contribution >= 4 is 5.91 Å². The molecule has 24 heavy (non-hydrogen) atoms. The van der Waals surface area contributed by atoms with Gasteiger partial charge in [0.1, 0.15) is 0 Å². The van der Waals surface area contributed by atoms with E-state index in [9.17, 15) is 4.79 Å². The zero-order chi connectivity index (χ0) is 16.9. The van der Waals surface area contributed by atoms with Crippen LogP contribution in [-0.4, -0.2) is 60.5 Å². The van der Waals surface area contributed by atoms with Crippen LogP contribution in [0.3, 0.4) is 0 Å². The van der Waals surface area contributed by atoms with Gasteiger partial charge in [-0.15, -0.1) is 0 Å². The van der Waals surface area contributed by atoms with Crippen molar-refractivity contribution in [3.63, 3.8) is 0 Å².